The Balaban J connectivity index is -0.0000000276. The first-order valence-electron chi connectivity index (χ1n) is 10.7. The Hall–Kier alpha value is -1.84. The molecule has 4 heteroatoms. The summed E-state index contributed by atoms with van der Waals surface area (Å²) in [5.74, 6) is -0.170. The van der Waals surface area contributed by atoms with E-state index in [1.165, 1.54) is 12.0 Å². The average Bonchev–Trinajstić information content (AvgIpc) is 2.73. The summed E-state index contributed by atoms with van der Waals surface area (Å²) < 4.78 is 5.00. The van der Waals surface area contributed by atoms with E-state index in [-0.39, 0.29) is 84.6 Å². The molecule has 0 radical (unpaired) electrons. The summed E-state index contributed by atoms with van der Waals surface area (Å²) in [6.07, 6.45) is 4.86. The second kappa shape index (κ2) is 47.4. The van der Waals surface area contributed by atoms with Gasteiger partial charge in [-0.15, -0.1) is 0 Å². The number of hydrogen-bond donors (Lipinski definition) is 1. The monoisotopic (exact) mass is 539 g/mol. The lowest BCUT2D eigenvalue weighted by Crippen LogP contribution is -2.14. The first-order chi connectivity index (χ1) is 13.2. The third kappa shape index (κ3) is 41.6. The number of hydrogen-bond acceptors (Lipinski definition) is 3. The lowest BCUT2D eigenvalue weighted by molar-refractivity contribution is -0.148. The van der Waals surface area contributed by atoms with Gasteiger partial charge in [-0.25, -0.2) is 0 Å². The van der Waals surface area contributed by atoms with Crippen LogP contribution in [0.2, 0.25) is 0 Å². The molecule has 234 valence electrons. The number of aliphatic carboxylic acids is 1. The highest BCUT2D eigenvalue weighted by Crippen LogP contribution is 2.16. The fourth-order valence-electron chi connectivity index (χ4n) is 1.82. The van der Waals surface area contributed by atoms with Gasteiger partial charge in [0, 0.05) is 0 Å². The smallest absolute Gasteiger partial charge is 0.308 e. The molecule has 0 aliphatic rings. The largest absolute Gasteiger partial charge is 0.481 e. The lowest BCUT2D eigenvalue weighted by atomic mass is 9.99. The van der Waals surface area contributed by atoms with Crippen LogP contribution in [-0.2, 0) is 14.3 Å². The van der Waals surface area contributed by atoms with E-state index < -0.39 is 5.97 Å². The van der Waals surface area contributed by atoms with E-state index in [2.05, 4.69) is 51.1 Å². The van der Waals surface area contributed by atoms with E-state index in [1.54, 1.807) is 6.92 Å². The highest BCUT2D eigenvalue weighted by Gasteiger charge is 2.10. The van der Waals surface area contributed by atoms with Gasteiger partial charge in [0.25, 0.3) is 0 Å². The molecule has 0 aliphatic carbocycles. The maximum atomic E-state index is 11.0. The number of esters is 1. The van der Waals surface area contributed by atoms with Gasteiger partial charge in [0.1, 0.15) is 0 Å². The highest BCUT2D eigenvalue weighted by molar-refractivity contribution is 5.71. The first kappa shape index (κ1) is 70.3. The summed E-state index contributed by atoms with van der Waals surface area (Å²) in [5.41, 5.74) is 1.45. The molecule has 0 aromatic heterocycles. The first-order valence-corrected chi connectivity index (χ1v) is 10.7. The minimum Gasteiger partial charge on any atom is -0.481 e. The summed E-state index contributed by atoms with van der Waals surface area (Å²) in [7, 11) is 0. The van der Waals surface area contributed by atoms with E-state index in [4.69, 9.17) is 9.84 Å². The Morgan fingerprint density at radius 3 is 1.38 bits per heavy atom. The molecule has 0 amide bonds. The topological polar surface area (TPSA) is 63.6 Å². The van der Waals surface area contributed by atoms with Crippen LogP contribution in [0.15, 0.2) is 30.3 Å². The Morgan fingerprint density at radius 1 is 0.703 bits per heavy atom. The second-order valence-electron chi connectivity index (χ2n) is 7.20. The molecule has 3 atom stereocenters. The van der Waals surface area contributed by atoms with Crippen LogP contribution in [0.3, 0.4) is 0 Å². The fraction of sp³-hybridized carbons (Fsp3) is 0.758. The third-order valence-corrected chi connectivity index (χ3v) is 4.77. The van der Waals surface area contributed by atoms with E-state index in [0.717, 1.165) is 25.7 Å². The molecular formula is C33H78O4. The van der Waals surface area contributed by atoms with Crippen LogP contribution < -0.4 is 0 Å². The summed E-state index contributed by atoms with van der Waals surface area (Å²) in [6.45, 7) is 14.6. The van der Waals surface area contributed by atoms with Gasteiger partial charge in [0.15, 0.2) is 0 Å². The van der Waals surface area contributed by atoms with Crippen molar-refractivity contribution in [2.45, 2.75) is 153 Å². The normalized spacial score (nSPS) is 9.81. The van der Waals surface area contributed by atoms with E-state index in [0.29, 0.717) is 12.5 Å². The van der Waals surface area contributed by atoms with Gasteiger partial charge in [0.2, 0.25) is 0 Å². The van der Waals surface area contributed by atoms with Crippen molar-refractivity contribution in [3.8, 4) is 0 Å². The predicted octanol–water partition coefficient (Wildman–Crippen LogP) is 12.4. The standard InChI is InChI=1S/C10H14.C9H18O2.C5H10O2.9CH4/c1-3-9(2)10-7-5-4-6-8-10;1-4-6-7-11-9(10)8(3)5-2;1-3-4(2)5(6)7;;;;;;;;;/h4-9H,3H2,1-2H3;8H,4-7H2,1-3H3;4H,3H2,1-2H3,(H,6,7);9*1H4. The fourth-order valence-corrected chi connectivity index (χ4v) is 1.82. The average molecular weight is 539 g/mol. The number of unbranched alkanes of at least 4 members (excludes halogenated alkanes) is 1. The van der Waals surface area contributed by atoms with Crippen molar-refractivity contribution in [2.75, 3.05) is 6.61 Å². The van der Waals surface area contributed by atoms with Crippen LogP contribution in [0.1, 0.15) is 159 Å². The second-order valence-corrected chi connectivity index (χ2v) is 7.20. The predicted molar refractivity (Wildman–Crippen MR) is 178 cm³/mol. The number of rotatable bonds is 9. The van der Waals surface area contributed by atoms with Crippen molar-refractivity contribution < 1.29 is 19.4 Å². The molecule has 0 aliphatic heterocycles. The van der Waals surface area contributed by atoms with E-state index in [9.17, 15) is 9.59 Å². The van der Waals surface area contributed by atoms with Crippen molar-refractivity contribution >= 4 is 11.9 Å². The Morgan fingerprint density at radius 2 is 1.11 bits per heavy atom. The minimum absolute atomic E-state index is 0. The van der Waals surface area contributed by atoms with Crippen molar-refractivity contribution in [1.82, 2.24) is 0 Å². The quantitative estimate of drug-likeness (QED) is 0.251. The van der Waals surface area contributed by atoms with Gasteiger partial charge in [-0.1, -0.05) is 152 Å². The number of carboxylic acids is 1. The van der Waals surface area contributed by atoms with Crippen molar-refractivity contribution in [2.24, 2.45) is 11.8 Å². The molecule has 1 aromatic carbocycles. The lowest BCUT2D eigenvalue weighted by Gasteiger charge is -2.07. The molecule has 0 saturated heterocycles. The van der Waals surface area contributed by atoms with Crippen LogP contribution >= 0.6 is 0 Å². The molecule has 0 spiro atoms. The molecule has 1 aromatic rings. The van der Waals surface area contributed by atoms with Crippen LogP contribution in [-0.4, -0.2) is 23.7 Å². The molecule has 0 fully saturated rings. The Kier molecular flexibility index (Phi) is 90.0. The van der Waals surface area contributed by atoms with Gasteiger partial charge >= 0.3 is 11.9 Å². The number of carbonyl (C=O) groups excluding carboxylic acids is 1. The van der Waals surface area contributed by atoms with Gasteiger partial charge in [-0.3, -0.25) is 9.59 Å². The SMILES string of the molecule is C.C.C.C.C.C.C.C.C.CCC(C)C(=O)O.CCC(C)c1ccccc1.CCCCOC(=O)C(C)CC. The molecule has 4 nitrogen and oxygen atoms in total. The van der Waals surface area contributed by atoms with Crippen LogP contribution in [0.25, 0.3) is 0 Å². The van der Waals surface area contributed by atoms with Crippen molar-refractivity contribution in [1.29, 1.82) is 0 Å². The molecule has 0 heterocycles. The summed E-state index contributed by atoms with van der Waals surface area (Å²) in [5, 5.41) is 8.18. The maximum absolute atomic E-state index is 11.0. The molecular weight excluding hydrogens is 460 g/mol. The summed E-state index contributed by atoms with van der Waals surface area (Å²) >= 11 is 0. The van der Waals surface area contributed by atoms with Crippen molar-refractivity contribution in [3.05, 3.63) is 35.9 Å². The molecule has 1 rings (SSSR count). The van der Waals surface area contributed by atoms with Crippen molar-refractivity contribution in [3.63, 3.8) is 0 Å². The zero-order valence-corrected chi connectivity index (χ0v) is 19.0. The summed E-state index contributed by atoms with van der Waals surface area (Å²) in [4.78, 5) is 21.0. The number of benzene rings is 1. The minimum atomic E-state index is -0.706. The Bertz CT molecular complexity index is 500. The number of carbonyl (C=O) groups is 2. The molecule has 1 N–H and O–H groups in total. The zero-order valence-electron chi connectivity index (χ0n) is 19.0. The van der Waals surface area contributed by atoms with E-state index >= 15 is 0 Å². The molecule has 37 heavy (non-hydrogen) atoms. The van der Waals surface area contributed by atoms with Gasteiger partial charge in [-0.05, 0) is 37.2 Å². The van der Waals surface area contributed by atoms with Crippen LogP contribution in [0, 0.1) is 11.8 Å². The molecule has 0 bridgehead atoms. The van der Waals surface area contributed by atoms with Gasteiger partial charge < -0.3 is 9.84 Å². The number of carboxylic acid groups (broad SMARTS) is 1. The third-order valence-electron chi connectivity index (χ3n) is 4.77. The van der Waals surface area contributed by atoms with Gasteiger partial charge in [0.05, 0.1) is 18.4 Å². The van der Waals surface area contributed by atoms with Crippen LogP contribution in [0.5, 0.6) is 0 Å². The summed E-state index contributed by atoms with van der Waals surface area (Å²) in [6, 6.07) is 10.6. The molecule has 0 saturated carbocycles. The van der Waals surface area contributed by atoms with Crippen LogP contribution in [0.4, 0.5) is 0 Å². The highest BCUT2D eigenvalue weighted by atomic mass is 16.5. The molecule has 3 unspecified atom stereocenters. The zero-order chi connectivity index (χ0) is 21.9. The van der Waals surface area contributed by atoms with E-state index in [1.807, 2.05) is 20.8 Å². The Labute approximate surface area is 239 Å². The number of ether oxygens (including phenoxy) is 1. The maximum Gasteiger partial charge on any atom is 0.308 e. The van der Waals surface area contributed by atoms with Gasteiger partial charge in [-0.2, -0.15) is 0 Å².